The van der Waals surface area contributed by atoms with E-state index in [0.717, 1.165) is 0 Å². The average molecular weight is 343 g/mol. The molecule has 1 saturated heterocycles. The Bertz CT molecular complexity index is 862. The van der Waals surface area contributed by atoms with Crippen LogP contribution in [-0.4, -0.2) is 26.5 Å². The predicted octanol–water partition coefficient (Wildman–Crippen LogP) is 2.37. The summed E-state index contributed by atoms with van der Waals surface area (Å²) in [5.74, 6) is -0.777. The molecule has 1 fully saturated rings. The largest absolute Gasteiger partial charge is 0.380 e. The molecule has 4 rings (SSSR count). The molecule has 0 amide bonds. The lowest BCUT2D eigenvalue weighted by molar-refractivity contribution is -0.0634. The number of aliphatic hydroxyl groups is 1. The van der Waals surface area contributed by atoms with Crippen LogP contribution in [0.25, 0.3) is 0 Å². The quantitative estimate of drug-likeness (QED) is 0.723. The third kappa shape index (κ3) is 2.61. The van der Waals surface area contributed by atoms with E-state index in [0.29, 0.717) is 11.1 Å². The van der Waals surface area contributed by atoms with E-state index in [-0.39, 0.29) is 19.0 Å². The van der Waals surface area contributed by atoms with Gasteiger partial charge in [-0.2, -0.15) is 5.10 Å². The maximum Gasteiger partial charge on any atom is 0.151 e. The van der Waals surface area contributed by atoms with E-state index >= 15 is 0 Å². The molecule has 2 heterocycles. The molecule has 5 nitrogen and oxygen atoms in total. The number of benzene rings is 2. The fourth-order valence-corrected chi connectivity index (χ4v) is 3.16. The van der Waals surface area contributed by atoms with Gasteiger partial charge in [0.05, 0.1) is 13.2 Å². The highest BCUT2D eigenvalue weighted by molar-refractivity contribution is 5.38. The lowest BCUT2D eigenvalue weighted by Gasteiger charge is -2.35. The Morgan fingerprint density at radius 3 is 2.20 bits per heavy atom. The van der Waals surface area contributed by atoms with Crippen molar-refractivity contribution < 1.29 is 18.6 Å². The van der Waals surface area contributed by atoms with Crippen LogP contribution in [0.2, 0.25) is 0 Å². The highest BCUT2D eigenvalue weighted by Crippen LogP contribution is 2.53. The average Bonchev–Trinajstić information content (AvgIpc) is 3.28. The monoisotopic (exact) mass is 343 g/mol. The summed E-state index contributed by atoms with van der Waals surface area (Å²) < 4.78 is 33.8. The molecule has 2 atom stereocenters. The smallest absolute Gasteiger partial charge is 0.151 e. The van der Waals surface area contributed by atoms with E-state index in [2.05, 4.69) is 10.1 Å². The first-order valence-corrected chi connectivity index (χ1v) is 7.74. The summed E-state index contributed by atoms with van der Waals surface area (Å²) in [7, 11) is 0. The van der Waals surface area contributed by atoms with E-state index in [9.17, 15) is 13.9 Å². The van der Waals surface area contributed by atoms with E-state index in [1.807, 2.05) is 0 Å². The third-order valence-electron chi connectivity index (χ3n) is 4.59. The summed E-state index contributed by atoms with van der Waals surface area (Å²) >= 11 is 0. The van der Waals surface area contributed by atoms with Gasteiger partial charge >= 0.3 is 0 Å². The normalized spacial score (nSPS) is 21.7. The van der Waals surface area contributed by atoms with Gasteiger partial charge in [-0.25, -0.2) is 18.4 Å². The molecule has 0 spiro atoms. The molecule has 3 aromatic rings. The molecule has 0 saturated carbocycles. The summed E-state index contributed by atoms with van der Waals surface area (Å²) in [5.41, 5.74) is -1.48. The highest BCUT2D eigenvalue weighted by atomic mass is 19.1. The van der Waals surface area contributed by atoms with Gasteiger partial charge in [0, 0.05) is 0 Å². The van der Waals surface area contributed by atoms with Crippen molar-refractivity contribution in [2.24, 2.45) is 0 Å². The summed E-state index contributed by atoms with van der Waals surface area (Å²) in [4.78, 5) is 3.89. The SMILES string of the molecule is OC(Cn1cncn1)(c1ccc(F)cc1)C1(c2ccc(F)cc2)CO1. The first kappa shape index (κ1) is 15.9. The van der Waals surface area contributed by atoms with Crippen molar-refractivity contribution in [1.82, 2.24) is 14.8 Å². The molecule has 0 radical (unpaired) electrons. The Morgan fingerprint density at radius 1 is 1.08 bits per heavy atom. The number of nitrogens with zero attached hydrogens (tertiary/aromatic N) is 3. The number of epoxide rings is 1. The molecular formula is C18H15F2N3O2. The molecule has 1 N–H and O–H groups in total. The Kier molecular flexibility index (Phi) is 3.63. The second kappa shape index (κ2) is 5.72. The van der Waals surface area contributed by atoms with Crippen molar-refractivity contribution in [3.8, 4) is 0 Å². The van der Waals surface area contributed by atoms with Crippen molar-refractivity contribution in [1.29, 1.82) is 0 Å². The van der Waals surface area contributed by atoms with Gasteiger partial charge in [-0.1, -0.05) is 24.3 Å². The van der Waals surface area contributed by atoms with Crippen molar-refractivity contribution in [3.63, 3.8) is 0 Å². The zero-order valence-electron chi connectivity index (χ0n) is 13.1. The van der Waals surface area contributed by atoms with Gasteiger partial charge in [-0.05, 0) is 35.4 Å². The molecule has 0 bridgehead atoms. The molecule has 2 unspecified atom stereocenters. The van der Waals surface area contributed by atoms with Crippen molar-refractivity contribution >= 4 is 0 Å². The molecule has 7 heteroatoms. The summed E-state index contributed by atoms with van der Waals surface area (Å²) in [6.45, 7) is 0.303. The van der Waals surface area contributed by atoms with Crippen molar-refractivity contribution in [2.45, 2.75) is 17.7 Å². The highest BCUT2D eigenvalue weighted by Gasteiger charge is 2.63. The Hall–Kier alpha value is -2.64. The Labute approximate surface area is 142 Å². The molecular weight excluding hydrogens is 328 g/mol. The second-order valence-corrected chi connectivity index (χ2v) is 6.08. The minimum absolute atomic E-state index is 0.0516. The summed E-state index contributed by atoms with van der Waals surface area (Å²) in [6, 6.07) is 11.4. The number of rotatable bonds is 5. The van der Waals surface area contributed by atoms with Crippen LogP contribution in [0.1, 0.15) is 11.1 Å². The summed E-state index contributed by atoms with van der Waals surface area (Å²) in [5, 5.41) is 15.7. The molecule has 1 aliphatic rings. The Morgan fingerprint density at radius 2 is 1.68 bits per heavy atom. The van der Waals surface area contributed by atoms with Crippen molar-refractivity contribution in [3.05, 3.63) is 83.9 Å². The van der Waals surface area contributed by atoms with Crippen molar-refractivity contribution in [2.75, 3.05) is 6.61 Å². The molecule has 25 heavy (non-hydrogen) atoms. The lowest BCUT2D eigenvalue weighted by Crippen LogP contribution is -2.44. The van der Waals surface area contributed by atoms with Crippen LogP contribution in [-0.2, 0) is 22.5 Å². The number of halogens is 2. The van der Waals surface area contributed by atoms with Crippen LogP contribution in [0.15, 0.2) is 61.2 Å². The lowest BCUT2D eigenvalue weighted by atomic mass is 9.77. The van der Waals surface area contributed by atoms with Gasteiger partial charge in [0.25, 0.3) is 0 Å². The number of aromatic nitrogens is 3. The predicted molar refractivity (Wildman–Crippen MR) is 84.3 cm³/mol. The van der Waals surface area contributed by atoms with Gasteiger partial charge in [-0.15, -0.1) is 0 Å². The first-order chi connectivity index (χ1) is 12.0. The third-order valence-corrected chi connectivity index (χ3v) is 4.59. The number of ether oxygens (including phenoxy) is 1. The van der Waals surface area contributed by atoms with Crippen LogP contribution in [0.4, 0.5) is 8.78 Å². The topological polar surface area (TPSA) is 63.5 Å². The van der Waals surface area contributed by atoms with Gasteiger partial charge in [0.1, 0.15) is 29.9 Å². The van der Waals surface area contributed by atoms with Crippen LogP contribution < -0.4 is 0 Å². The standard InChI is InChI=1S/C18H15F2N3O2/c19-15-5-1-13(2-6-15)17(24,9-23-12-21-11-22-23)18(10-25-18)14-3-7-16(20)8-4-14/h1-8,11-12,24H,9-10H2. The van der Waals surface area contributed by atoms with E-state index in [1.54, 1.807) is 12.1 Å². The van der Waals surface area contributed by atoms with E-state index in [4.69, 9.17) is 4.74 Å². The van der Waals surface area contributed by atoms with Crippen LogP contribution in [0, 0.1) is 11.6 Å². The van der Waals surface area contributed by atoms with E-state index in [1.165, 1.54) is 53.7 Å². The van der Waals surface area contributed by atoms with Crippen LogP contribution in [0.3, 0.4) is 0 Å². The minimum Gasteiger partial charge on any atom is -0.380 e. The molecule has 1 aromatic heterocycles. The van der Waals surface area contributed by atoms with Gasteiger partial charge in [0.15, 0.2) is 5.60 Å². The fraction of sp³-hybridized carbons (Fsp3) is 0.222. The minimum atomic E-state index is -1.54. The van der Waals surface area contributed by atoms with Crippen LogP contribution in [0.5, 0.6) is 0 Å². The fourth-order valence-electron chi connectivity index (χ4n) is 3.16. The first-order valence-electron chi connectivity index (χ1n) is 7.74. The summed E-state index contributed by atoms with van der Waals surface area (Å²) in [6.07, 6.45) is 2.85. The molecule has 1 aliphatic heterocycles. The molecule has 2 aromatic carbocycles. The van der Waals surface area contributed by atoms with Gasteiger partial charge < -0.3 is 9.84 Å². The Balaban J connectivity index is 1.82. The van der Waals surface area contributed by atoms with Crippen LogP contribution >= 0.6 is 0 Å². The molecule has 128 valence electrons. The van der Waals surface area contributed by atoms with Gasteiger partial charge in [-0.3, -0.25) is 0 Å². The zero-order chi connectivity index (χ0) is 17.5. The maximum absolute atomic E-state index is 13.3. The number of hydrogen-bond donors (Lipinski definition) is 1. The maximum atomic E-state index is 13.3. The zero-order valence-corrected chi connectivity index (χ0v) is 13.1. The number of hydrogen-bond acceptors (Lipinski definition) is 4. The van der Waals surface area contributed by atoms with E-state index < -0.39 is 17.0 Å². The molecule has 0 aliphatic carbocycles. The second-order valence-electron chi connectivity index (χ2n) is 6.08. The van der Waals surface area contributed by atoms with Gasteiger partial charge in [0.2, 0.25) is 0 Å².